The van der Waals surface area contributed by atoms with Gasteiger partial charge in [-0.05, 0) is 69.3 Å². The summed E-state index contributed by atoms with van der Waals surface area (Å²) in [5.41, 5.74) is 1.88. The molecule has 0 fully saturated rings. The fourth-order valence-electron chi connectivity index (χ4n) is 5.26. The SMILES string of the molecule is COc1ccc([Si]2(c3ccc(OC)cc3)c3ccccc3Oc3c(-c4ccccn4)cccc32)cc1. The zero-order chi connectivity index (χ0) is 24.5. The van der Waals surface area contributed by atoms with Crippen LogP contribution in [0.25, 0.3) is 11.3 Å². The maximum Gasteiger partial charge on any atom is 0.188 e. The minimum absolute atomic E-state index is 0.834. The Hall–Kier alpha value is -4.35. The zero-order valence-electron chi connectivity index (χ0n) is 20.1. The second-order valence-corrected chi connectivity index (χ2v) is 12.4. The van der Waals surface area contributed by atoms with Crippen molar-refractivity contribution < 1.29 is 14.2 Å². The molecular weight excluding hydrogens is 462 g/mol. The van der Waals surface area contributed by atoms with E-state index in [9.17, 15) is 0 Å². The number of methoxy groups -OCH3 is 2. The third-order valence-corrected chi connectivity index (χ3v) is 11.7. The van der Waals surface area contributed by atoms with Crippen LogP contribution in [-0.2, 0) is 0 Å². The van der Waals surface area contributed by atoms with Gasteiger partial charge in [-0.25, -0.2) is 0 Å². The third-order valence-electron chi connectivity index (χ3n) is 6.91. The molecule has 0 saturated heterocycles. The van der Waals surface area contributed by atoms with Gasteiger partial charge in [0.25, 0.3) is 0 Å². The lowest BCUT2D eigenvalue weighted by Gasteiger charge is -2.40. The summed E-state index contributed by atoms with van der Waals surface area (Å²) < 4.78 is 17.7. The van der Waals surface area contributed by atoms with Gasteiger partial charge in [0.05, 0.1) is 19.9 Å². The molecule has 0 saturated carbocycles. The molecule has 5 aromatic rings. The van der Waals surface area contributed by atoms with Crippen molar-refractivity contribution in [2.24, 2.45) is 0 Å². The van der Waals surface area contributed by atoms with E-state index in [4.69, 9.17) is 14.2 Å². The van der Waals surface area contributed by atoms with Gasteiger partial charge in [0, 0.05) is 11.8 Å². The average Bonchev–Trinajstić information content (AvgIpc) is 2.96. The maximum absolute atomic E-state index is 6.70. The van der Waals surface area contributed by atoms with E-state index in [0.29, 0.717) is 0 Å². The lowest BCUT2D eigenvalue weighted by molar-refractivity contribution is 0.415. The predicted octanol–water partition coefficient (Wildman–Crippen LogP) is 4.25. The first kappa shape index (κ1) is 22.1. The lowest BCUT2D eigenvalue weighted by Crippen LogP contribution is -2.76. The first-order valence-corrected chi connectivity index (χ1v) is 13.9. The van der Waals surface area contributed by atoms with Crippen LogP contribution in [0.1, 0.15) is 0 Å². The number of pyridine rings is 1. The third kappa shape index (κ3) is 3.40. The molecule has 0 amide bonds. The van der Waals surface area contributed by atoms with Crippen LogP contribution in [-0.4, -0.2) is 27.3 Å². The van der Waals surface area contributed by atoms with Crippen molar-refractivity contribution in [3.8, 4) is 34.3 Å². The van der Waals surface area contributed by atoms with Crippen LogP contribution in [0.4, 0.5) is 0 Å². The fourth-order valence-corrected chi connectivity index (χ4v) is 10.2. The van der Waals surface area contributed by atoms with E-state index in [1.807, 2.05) is 54.7 Å². The molecule has 6 rings (SSSR count). The second kappa shape index (κ2) is 9.02. The van der Waals surface area contributed by atoms with Gasteiger partial charge in [0.1, 0.15) is 23.0 Å². The molecule has 0 spiro atoms. The van der Waals surface area contributed by atoms with Gasteiger partial charge < -0.3 is 14.2 Å². The number of benzene rings is 4. The summed E-state index contributed by atoms with van der Waals surface area (Å²) in [6.45, 7) is 0. The molecule has 0 atom stereocenters. The first-order valence-electron chi connectivity index (χ1n) is 11.9. The normalized spacial score (nSPS) is 13.2. The van der Waals surface area contributed by atoms with Crippen LogP contribution in [0.15, 0.2) is 115 Å². The molecule has 0 unspecified atom stereocenters. The van der Waals surface area contributed by atoms with Crippen molar-refractivity contribution in [1.82, 2.24) is 4.98 Å². The fraction of sp³-hybridized carbons (Fsp3) is 0.0645. The highest BCUT2D eigenvalue weighted by Gasteiger charge is 2.48. The Morgan fingerprint density at radius 1 is 0.611 bits per heavy atom. The smallest absolute Gasteiger partial charge is 0.188 e. The van der Waals surface area contributed by atoms with Crippen LogP contribution in [0.3, 0.4) is 0 Å². The van der Waals surface area contributed by atoms with E-state index >= 15 is 0 Å². The molecule has 0 aliphatic carbocycles. The van der Waals surface area contributed by atoms with E-state index < -0.39 is 8.07 Å². The standard InChI is InChI=1S/C31H25NO3Si/c1-33-22-13-17-24(18-14-22)36(25-19-15-23(34-2)16-20-25)29-11-4-3-10-28(29)35-31-26(8-7-12-30(31)36)27-9-5-6-21-32-27/h3-21H,1-2H3. The summed E-state index contributed by atoms with van der Waals surface area (Å²) in [5.74, 6) is 3.42. The molecule has 4 aromatic carbocycles. The summed E-state index contributed by atoms with van der Waals surface area (Å²) >= 11 is 0. The van der Waals surface area contributed by atoms with Gasteiger partial charge in [-0.2, -0.15) is 0 Å². The van der Waals surface area contributed by atoms with E-state index in [-0.39, 0.29) is 0 Å². The summed E-state index contributed by atoms with van der Waals surface area (Å²) in [5, 5.41) is 4.91. The summed E-state index contributed by atoms with van der Waals surface area (Å²) in [4.78, 5) is 4.65. The van der Waals surface area contributed by atoms with Gasteiger partial charge in [-0.1, -0.05) is 60.7 Å². The molecule has 0 radical (unpaired) electrons. The van der Waals surface area contributed by atoms with E-state index in [1.165, 1.54) is 20.7 Å². The number of nitrogens with zero attached hydrogens (tertiary/aromatic N) is 1. The number of hydrogen-bond acceptors (Lipinski definition) is 4. The molecule has 36 heavy (non-hydrogen) atoms. The van der Waals surface area contributed by atoms with Crippen LogP contribution in [0.5, 0.6) is 23.0 Å². The van der Waals surface area contributed by atoms with Crippen molar-refractivity contribution >= 4 is 28.8 Å². The highest BCUT2D eigenvalue weighted by molar-refractivity contribution is 7.20. The molecule has 1 aliphatic rings. The van der Waals surface area contributed by atoms with Crippen LogP contribution in [0, 0.1) is 0 Å². The maximum atomic E-state index is 6.70. The number of fused-ring (bicyclic) bond motifs is 2. The Bertz CT molecular complexity index is 1470. The molecule has 1 aromatic heterocycles. The van der Waals surface area contributed by atoms with Gasteiger partial charge in [0.15, 0.2) is 8.07 Å². The topological polar surface area (TPSA) is 40.6 Å². The van der Waals surface area contributed by atoms with Crippen molar-refractivity contribution in [1.29, 1.82) is 0 Å². The monoisotopic (exact) mass is 487 g/mol. The zero-order valence-corrected chi connectivity index (χ0v) is 21.1. The largest absolute Gasteiger partial charge is 0.497 e. The van der Waals surface area contributed by atoms with Gasteiger partial charge >= 0.3 is 0 Å². The Balaban J connectivity index is 1.73. The highest BCUT2D eigenvalue weighted by atomic mass is 28.3. The summed E-state index contributed by atoms with van der Waals surface area (Å²) in [7, 11) is 0.621. The Morgan fingerprint density at radius 2 is 1.22 bits per heavy atom. The number of para-hydroxylation sites is 2. The van der Waals surface area contributed by atoms with Gasteiger partial charge in [-0.3, -0.25) is 4.98 Å². The quantitative estimate of drug-likeness (QED) is 0.341. The van der Waals surface area contributed by atoms with Crippen LogP contribution >= 0.6 is 0 Å². The van der Waals surface area contributed by atoms with Crippen molar-refractivity contribution in [3.63, 3.8) is 0 Å². The minimum atomic E-state index is -2.78. The van der Waals surface area contributed by atoms with Crippen molar-refractivity contribution in [2.45, 2.75) is 0 Å². The number of aromatic nitrogens is 1. The van der Waals surface area contributed by atoms with Crippen molar-refractivity contribution in [2.75, 3.05) is 14.2 Å². The second-order valence-electron chi connectivity index (χ2n) is 8.70. The summed E-state index contributed by atoms with van der Waals surface area (Å²) in [6, 6.07) is 37.8. The molecule has 1 aliphatic heterocycles. The molecule has 0 N–H and O–H groups in total. The number of hydrogen-bond donors (Lipinski definition) is 0. The Kier molecular flexibility index (Phi) is 5.55. The average molecular weight is 488 g/mol. The molecular formula is C31H25NO3Si. The number of rotatable bonds is 5. The van der Waals surface area contributed by atoms with Gasteiger partial charge in [0.2, 0.25) is 0 Å². The van der Waals surface area contributed by atoms with Crippen LogP contribution < -0.4 is 35.0 Å². The van der Waals surface area contributed by atoms with E-state index in [0.717, 1.165) is 34.3 Å². The molecule has 4 nitrogen and oxygen atoms in total. The first-order chi connectivity index (χ1) is 17.8. The Morgan fingerprint density at radius 3 is 1.83 bits per heavy atom. The number of ether oxygens (including phenoxy) is 3. The molecule has 2 heterocycles. The Labute approximate surface area is 211 Å². The highest BCUT2D eigenvalue weighted by Crippen LogP contribution is 2.36. The predicted molar refractivity (Wildman–Crippen MR) is 146 cm³/mol. The minimum Gasteiger partial charge on any atom is -0.497 e. The van der Waals surface area contributed by atoms with Crippen LogP contribution in [0.2, 0.25) is 0 Å². The van der Waals surface area contributed by atoms with Gasteiger partial charge in [-0.15, -0.1) is 0 Å². The van der Waals surface area contributed by atoms with E-state index in [2.05, 4.69) is 65.6 Å². The van der Waals surface area contributed by atoms with E-state index in [1.54, 1.807) is 14.2 Å². The van der Waals surface area contributed by atoms with Crippen molar-refractivity contribution in [3.05, 3.63) is 115 Å². The lowest BCUT2D eigenvalue weighted by atomic mass is 10.1. The molecule has 5 heteroatoms. The summed E-state index contributed by atoms with van der Waals surface area (Å²) in [6.07, 6.45) is 1.82. The molecule has 0 bridgehead atoms. The molecule has 176 valence electrons.